The number of aromatic nitrogens is 3. The second-order valence-corrected chi connectivity index (χ2v) is 7.99. The van der Waals surface area contributed by atoms with Crippen LogP contribution in [0.3, 0.4) is 0 Å². The lowest BCUT2D eigenvalue weighted by atomic mass is 10.1. The van der Waals surface area contributed by atoms with Crippen molar-refractivity contribution in [2.24, 2.45) is 0 Å². The van der Waals surface area contributed by atoms with Gasteiger partial charge in [0, 0.05) is 18.0 Å². The molecule has 2 aromatic heterocycles. The van der Waals surface area contributed by atoms with E-state index in [2.05, 4.69) is 10.1 Å². The van der Waals surface area contributed by atoms with E-state index >= 15 is 0 Å². The maximum absolute atomic E-state index is 13.2. The van der Waals surface area contributed by atoms with Crippen LogP contribution in [0.1, 0.15) is 17.7 Å². The van der Waals surface area contributed by atoms with Gasteiger partial charge in [-0.2, -0.15) is 5.10 Å². The first-order valence-corrected chi connectivity index (χ1v) is 9.79. The number of ether oxygens (including phenoxy) is 1. The quantitative estimate of drug-likeness (QED) is 0.662. The van der Waals surface area contributed by atoms with Gasteiger partial charge < -0.3 is 4.74 Å². The number of aryl methyl sites for hydroxylation is 1. The predicted molar refractivity (Wildman–Crippen MR) is 96.2 cm³/mol. The number of alkyl halides is 2. The Kier molecular flexibility index (Phi) is 4.97. The van der Waals surface area contributed by atoms with Gasteiger partial charge >= 0.3 is 0 Å². The summed E-state index contributed by atoms with van der Waals surface area (Å²) < 4.78 is 56.2. The van der Waals surface area contributed by atoms with Crippen LogP contribution in [0.15, 0.2) is 47.5 Å². The second kappa shape index (κ2) is 7.07. The molecule has 0 saturated carbocycles. The van der Waals surface area contributed by atoms with Gasteiger partial charge in [0.05, 0.1) is 17.7 Å². The Morgan fingerprint density at radius 2 is 1.89 bits per heavy atom. The van der Waals surface area contributed by atoms with Crippen molar-refractivity contribution >= 4 is 9.84 Å². The van der Waals surface area contributed by atoms with Crippen LogP contribution in [-0.2, 0) is 9.84 Å². The maximum Gasteiger partial charge on any atom is 0.282 e. The summed E-state index contributed by atoms with van der Waals surface area (Å²) in [4.78, 5) is 4.11. The number of benzene rings is 1. The monoisotopic (exact) mass is 393 g/mol. The van der Waals surface area contributed by atoms with Gasteiger partial charge in [-0.1, -0.05) is 12.1 Å². The summed E-state index contributed by atoms with van der Waals surface area (Å²) in [5.74, 6) is 0.836. The summed E-state index contributed by atoms with van der Waals surface area (Å²) in [6, 6.07) is 9.37. The molecule has 6 nitrogen and oxygen atoms in total. The van der Waals surface area contributed by atoms with Gasteiger partial charge in [0.1, 0.15) is 11.4 Å². The normalized spacial score (nSPS) is 11.8. The van der Waals surface area contributed by atoms with Crippen LogP contribution in [0, 0.1) is 6.92 Å². The Labute approximate surface area is 155 Å². The van der Waals surface area contributed by atoms with Crippen LogP contribution < -0.4 is 4.74 Å². The molecule has 0 saturated heterocycles. The minimum Gasteiger partial charge on any atom is -0.496 e. The number of nitrogens with zero attached hydrogens (tertiary/aromatic N) is 3. The van der Waals surface area contributed by atoms with Crippen molar-refractivity contribution in [2.45, 2.75) is 18.2 Å². The zero-order valence-corrected chi connectivity index (χ0v) is 15.7. The van der Waals surface area contributed by atoms with Gasteiger partial charge in [0.15, 0.2) is 15.7 Å². The van der Waals surface area contributed by atoms with Crippen molar-refractivity contribution in [1.82, 2.24) is 14.8 Å². The van der Waals surface area contributed by atoms with Gasteiger partial charge in [0.25, 0.3) is 6.43 Å². The maximum atomic E-state index is 13.2. The van der Waals surface area contributed by atoms with Crippen molar-refractivity contribution in [1.29, 1.82) is 0 Å². The zero-order valence-electron chi connectivity index (χ0n) is 14.8. The Balaban J connectivity index is 2.16. The highest BCUT2D eigenvalue weighted by Gasteiger charge is 2.19. The number of methoxy groups -OCH3 is 1. The Hall–Kier alpha value is -2.81. The molecule has 3 rings (SSSR count). The molecule has 0 aliphatic carbocycles. The molecular weight excluding hydrogens is 376 g/mol. The molecule has 0 spiro atoms. The smallest absolute Gasteiger partial charge is 0.282 e. The first-order chi connectivity index (χ1) is 12.7. The average Bonchev–Trinajstić information content (AvgIpc) is 3.07. The summed E-state index contributed by atoms with van der Waals surface area (Å²) in [5, 5.41) is 3.94. The molecule has 0 unspecified atom stereocenters. The number of halogens is 2. The molecule has 1 aromatic carbocycles. The summed E-state index contributed by atoms with van der Waals surface area (Å²) in [7, 11) is -1.89. The highest BCUT2D eigenvalue weighted by Crippen LogP contribution is 2.31. The van der Waals surface area contributed by atoms with E-state index in [1.54, 1.807) is 12.1 Å². The Morgan fingerprint density at radius 3 is 2.44 bits per heavy atom. The standard InChI is InChI=1S/C18H17F2N3O3S/c1-11-4-5-12(8-16(11)26-2)15-9-14(18(19)20)22-23(15)17-7-6-13(10-21-17)27(3,24)25/h4-10,18H,1-3H3. The summed E-state index contributed by atoms with van der Waals surface area (Å²) in [6.45, 7) is 1.87. The Morgan fingerprint density at radius 1 is 1.15 bits per heavy atom. The predicted octanol–water partition coefficient (Wildman–Crippen LogP) is 3.59. The number of hydrogen-bond donors (Lipinski definition) is 0. The summed E-state index contributed by atoms with van der Waals surface area (Å²) in [5.41, 5.74) is 1.50. The molecule has 0 fully saturated rings. The van der Waals surface area contributed by atoms with E-state index in [0.29, 0.717) is 17.0 Å². The van der Waals surface area contributed by atoms with Crippen molar-refractivity contribution in [2.75, 3.05) is 13.4 Å². The van der Waals surface area contributed by atoms with Gasteiger partial charge in [-0.3, -0.25) is 0 Å². The van der Waals surface area contributed by atoms with Gasteiger partial charge in [-0.25, -0.2) is 26.9 Å². The zero-order chi connectivity index (χ0) is 19.8. The van der Waals surface area contributed by atoms with E-state index in [9.17, 15) is 17.2 Å². The molecule has 2 heterocycles. The van der Waals surface area contributed by atoms with E-state index in [0.717, 1.165) is 11.8 Å². The molecule has 0 atom stereocenters. The number of rotatable bonds is 5. The third-order valence-corrected chi connectivity index (χ3v) is 5.12. The fourth-order valence-electron chi connectivity index (χ4n) is 2.58. The van der Waals surface area contributed by atoms with Crippen LogP contribution in [-0.4, -0.2) is 36.5 Å². The van der Waals surface area contributed by atoms with Crippen LogP contribution in [0.25, 0.3) is 17.1 Å². The molecule has 0 aliphatic heterocycles. The minimum atomic E-state index is -3.41. The molecule has 0 aliphatic rings. The highest BCUT2D eigenvalue weighted by atomic mass is 32.2. The van der Waals surface area contributed by atoms with Crippen molar-refractivity contribution in [3.05, 3.63) is 53.9 Å². The first kappa shape index (κ1) is 19.0. The van der Waals surface area contributed by atoms with E-state index in [1.807, 2.05) is 13.0 Å². The molecule has 27 heavy (non-hydrogen) atoms. The fraction of sp³-hybridized carbons (Fsp3) is 0.222. The van der Waals surface area contributed by atoms with Crippen LogP contribution in [0.5, 0.6) is 5.75 Å². The van der Waals surface area contributed by atoms with Gasteiger partial charge in [0.2, 0.25) is 0 Å². The SMILES string of the molecule is COc1cc(-c2cc(C(F)F)nn2-c2ccc(S(C)(=O)=O)cn2)ccc1C. The van der Waals surface area contributed by atoms with Crippen molar-refractivity contribution in [3.63, 3.8) is 0 Å². The third-order valence-electron chi connectivity index (χ3n) is 4.02. The molecule has 142 valence electrons. The molecule has 0 amide bonds. The van der Waals surface area contributed by atoms with Crippen LogP contribution >= 0.6 is 0 Å². The lowest BCUT2D eigenvalue weighted by Gasteiger charge is -2.10. The molecule has 0 radical (unpaired) electrons. The van der Waals surface area contributed by atoms with Gasteiger partial charge in [-0.15, -0.1) is 0 Å². The lowest BCUT2D eigenvalue weighted by molar-refractivity contribution is 0.145. The van der Waals surface area contributed by atoms with E-state index in [-0.39, 0.29) is 10.7 Å². The average molecular weight is 393 g/mol. The molecule has 0 bridgehead atoms. The summed E-state index contributed by atoms with van der Waals surface area (Å²) in [6.07, 6.45) is -0.516. The first-order valence-electron chi connectivity index (χ1n) is 7.90. The molecular formula is C18H17F2N3O3S. The topological polar surface area (TPSA) is 74.1 Å². The minimum absolute atomic E-state index is 0.0334. The Bertz CT molecular complexity index is 1080. The van der Waals surface area contributed by atoms with Crippen molar-refractivity contribution in [3.8, 4) is 22.8 Å². The van der Waals surface area contributed by atoms with Crippen LogP contribution in [0.4, 0.5) is 8.78 Å². The van der Waals surface area contributed by atoms with Gasteiger partial charge in [-0.05, 0) is 36.8 Å². The largest absolute Gasteiger partial charge is 0.496 e. The van der Waals surface area contributed by atoms with E-state index in [4.69, 9.17) is 4.74 Å². The number of sulfone groups is 1. The van der Waals surface area contributed by atoms with E-state index in [1.165, 1.54) is 36.2 Å². The number of pyridine rings is 1. The van der Waals surface area contributed by atoms with Crippen LogP contribution in [0.2, 0.25) is 0 Å². The molecule has 0 N–H and O–H groups in total. The third kappa shape index (κ3) is 3.82. The highest BCUT2D eigenvalue weighted by molar-refractivity contribution is 7.90. The lowest BCUT2D eigenvalue weighted by Crippen LogP contribution is -2.05. The fourth-order valence-corrected chi connectivity index (χ4v) is 3.14. The second-order valence-electron chi connectivity index (χ2n) is 5.98. The van der Waals surface area contributed by atoms with E-state index < -0.39 is 22.0 Å². The van der Waals surface area contributed by atoms with Crippen molar-refractivity contribution < 1.29 is 21.9 Å². The number of hydrogen-bond acceptors (Lipinski definition) is 5. The summed E-state index contributed by atoms with van der Waals surface area (Å²) >= 11 is 0. The molecule has 9 heteroatoms. The molecule has 3 aromatic rings.